The summed E-state index contributed by atoms with van der Waals surface area (Å²) < 4.78 is 11.4. The van der Waals surface area contributed by atoms with Gasteiger partial charge in [0.05, 0.1) is 19.3 Å². The van der Waals surface area contributed by atoms with Crippen LogP contribution < -0.4 is 5.73 Å². The largest absolute Gasteiger partial charge is 0.481 e. The van der Waals surface area contributed by atoms with Crippen molar-refractivity contribution in [3.63, 3.8) is 0 Å². The number of carboxylic acid groups (broad SMARTS) is 1. The molecule has 0 saturated carbocycles. The highest BCUT2D eigenvalue weighted by Gasteiger charge is 2.04. The van der Waals surface area contributed by atoms with Crippen molar-refractivity contribution in [3.05, 3.63) is 23.3 Å². The highest BCUT2D eigenvalue weighted by atomic mass is 33.1. The van der Waals surface area contributed by atoms with Crippen molar-refractivity contribution in [1.82, 2.24) is 0 Å². The van der Waals surface area contributed by atoms with Gasteiger partial charge in [-0.1, -0.05) is 22.9 Å². The monoisotopic (exact) mass is 295 g/mol. The standard InChI is InChI=1S/C10H18NO3PS2/c1-2-3-4-9(11)17-16-8-7-15(14)6-5-10(12)13/h2-4,15H,5-8,11H2,1H3,(H,12,13)/b3-2-,9-4+. The Morgan fingerprint density at radius 2 is 2.18 bits per heavy atom. The fourth-order valence-electron chi connectivity index (χ4n) is 0.855. The molecule has 0 radical (unpaired) electrons. The minimum absolute atomic E-state index is 0.00105. The molecule has 0 aromatic rings. The second-order valence-corrected chi connectivity index (χ2v) is 7.75. The van der Waals surface area contributed by atoms with E-state index < -0.39 is 13.8 Å². The number of hydrogen-bond donors (Lipinski definition) is 2. The van der Waals surface area contributed by atoms with E-state index in [1.54, 1.807) is 10.8 Å². The maximum absolute atomic E-state index is 11.4. The maximum Gasteiger partial charge on any atom is 0.303 e. The summed E-state index contributed by atoms with van der Waals surface area (Å²) in [4.78, 5) is 10.3. The molecule has 7 heteroatoms. The van der Waals surface area contributed by atoms with Gasteiger partial charge in [0.15, 0.2) is 0 Å². The van der Waals surface area contributed by atoms with E-state index in [0.717, 1.165) is 5.75 Å². The fraction of sp³-hybridized carbons (Fsp3) is 0.500. The molecule has 0 amide bonds. The number of aliphatic carboxylic acids is 1. The zero-order valence-corrected chi connectivity index (χ0v) is 12.4. The van der Waals surface area contributed by atoms with Crippen LogP contribution in [0, 0.1) is 0 Å². The molecule has 0 spiro atoms. The molecule has 0 aliphatic rings. The van der Waals surface area contributed by atoms with Crippen molar-refractivity contribution in [2.45, 2.75) is 13.3 Å². The summed E-state index contributed by atoms with van der Waals surface area (Å²) >= 11 is 0. The SMILES string of the molecule is C/C=C\C=C(/N)SSCC[PH](=O)CCC(=O)O. The molecule has 0 aromatic carbocycles. The van der Waals surface area contributed by atoms with Crippen LogP contribution in [-0.2, 0) is 9.36 Å². The summed E-state index contributed by atoms with van der Waals surface area (Å²) in [5.41, 5.74) is 5.68. The van der Waals surface area contributed by atoms with Crippen molar-refractivity contribution in [3.8, 4) is 0 Å². The van der Waals surface area contributed by atoms with Crippen LogP contribution in [0.25, 0.3) is 0 Å². The lowest BCUT2D eigenvalue weighted by molar-refractivity contribution is -0.136. The first kappa shape index (κ1) is 16.7. The van der Waals surface area contributed by atoms with Crippen LogP contribution in [0.1, 0.15) is 13.3 Å². The average molecular weight is 295 g/mol. The summed E-state index contributed by atoms with van der Waals surface area (Å²) in [6, 6.07) is 0. The first-order valence-electron chi connectivity index (χ1n) is 5.17. The van der Waals surface area contributed by atoms with Gasteiger partial charge in [0.2, 0.25) is 0 Å². The highest BCUT2D eigenvalue weighted by Crippen LogP contribution is 2.30. The molecule has 0 rings (SSSR count). The Morgan fingerprint density at radius 1 is 1.47 bits per heavy atom. The van der Waals surface area contributed by atoms with Gasteiger partial charge in [0.1, 0.15) is 0 Å². The van der Waals surface area contributed by atoms with Crippen molar-refractivity contribution >= 4 is 35.4 Å². The van der Waals surface area contributed by atoms with Gasteiger partial charge in [-0.05, 0) is 23.8 Å². The van der Waals surface area contributed by atoms with Gasteiger partial charge in [0.25, 0.3) is 0 Å². The predicted molar refractivity (Wildman–Crippen MR) is 78.1 cm³/mol. The van der Waals surface area contributed by atoms with Crippen LogP contribution in [0.5, 0.6) is 0 Å². The summed E-state index contributed by atoms with van der Waals surface area (Å²) in [6.07, 6.45) is 6.44. The number of allylic oxidation sites excluding steroid dienone is 3. The second-order valence-electron chi connectivity index (χ2n) is 3.18. The van der Waals surface area contributed by atoms with Gasteiger partial charge in [-0.15, -0.1) is 0 Å². The number of carboxylic acids is 1. The molecule has 1 atom stereocenters. The molecule has 17 heavy (non-hydrogen) atoms. The molecule has 98 valence electrons. The van der Waals surface area contributed by atoms with Gasteiger partial charge >= 0.3 is 5.97 Å². The molecular formula is C10H18NO3PS2. The lowest BCUT2D eigenvalue weighted by atomic mass is 10.5. The Hall–Kier alpha value is -0.320. The van der Waals surface area contributed by atoms with Gasteiger partial charge in [-0.2, -0.15) is 0 Å². The topological polar surface area (TPSA) is 80.4 Å². The zero-order chi connectivity index (χ0) is 13.1. The van der Waals surface area contributed by atoms with E-state index in [0.29, 0.717) is 17.4 Å². The smallest absolute Gasteiger partial charge is 0.303 e. The number of rotatable bonds is 9. The van der Waals surface area contributed by atoms with Crippen molar-refractivity contribution in [2.75, 3.05) is 18.1 Å². The maximum atomic E-state index is 11.4. The quantitative estimate of drug-likeness (QED) is 0.295. The lowest BCUT2D eigenvalue weighted by Gasteiger charge is -2.01. The molecule has 0 aromatic heterocycles. The molecule has 3 N–H and O–H groups in total. The van der Waals surface area contributed by atoms with Crippen LogP contribution in [0.3, 0.4) is 0 Å². The van der Waals surface area contributed by atoms with Crippen LogP contribution in [0.15, 0.2) is 23.3 Å². The summed E-state index contributed by atoms with van der Waals surface area (Å²) in [6.45, 7) is 1.91. The average Bonchev–Trinajstić information content (AvgIpc) is 2.29. The Balaban J connectivity index is 3.57. The van der Waals surface area contributed by atoms with Gasteiger partial charge < -0.3 is 15.4 Å². The van der Waals surface area contributed by atoms with E-state index in [1.165, 1.54) is 10.8 Å². The van der Waals surface area contributed by atoms with E-state index >= 15 is 0 Å². The molecule has 0 bridgehead atoms. The zero-order valence-electron chi connectivity index (χ0n) is 9.72. The Labute approximate surface area is 110 Å². The third-order valence-corrected chi connectivity index (χ3v) is 5.92. The van der Waals surface area contributed by atoms with E-state index in [-0.39, 0.29) is 6.42 Å². The number of nitrogens with two attached hydrogens (primary N) is 1. The van der Waals surface area contributed by atoms with E-state index in [2.05, 4.69) is 0 Å². The summed E-state index contributed by atoms with van der Waals surface area (Å²) in [7, 11) is 1.25. The number of carbonyl (C=O) groups is 1. The van der Waals surface area contributed by atoms with Crippen LogP contribution in [-0.4, -0.2) is 29.2 Å². The van der Waals surface area contributed by atoms with Gasteiger partial charge in [-0.3, -0.25) is 4.79 Å². The molecule has 0 saturated heterocycles. The first-order chi connectivity index (χ1) is 8.06. The van der Waals surface area contributed by atoms with E-state index in [4.69, 9.17) is 10.8 Å². The Kier molecular flexibility index (Phi) is 10.6. The van der Waals surface area contributed by atoms with E-state index in [9.17, 15) is 9.36 Å². The molecule has 0 heterocycles. The van der Waals surface area contributed by atoms with Crippen LogP contribution in [0.2, 0.25) is 0 Å². The van der Waals surface area contributed by atoms with Gasteiger partial charge in [0, 0.05) is 18.1 Å². The van der Waals surface area contributed by atoms with Crippen molar-refractivity contribution < 1.29 is 14.5 Å². The third kappa shape index (κ3) is 11.9. The van der Waals surface area contributed by atoms with Crippen LogP contribution in [0.4, 0.5) is 0 Å². The predicted octanol–water partition coefficient (Wildman–Crippen LogP) is 2.78. The Bertz CT molecular complexity index is 319. The minimum atomic E-state index is -1.74. The molecule has 0 aliphatic carbocycles. The molecule has 1 unspecified atom stereocenters. The number of hydrogen-bond acceptors (Lipinski definition) is 5. The summed E-state index contributed by atoms with van der Waals surface area (Å²) in [5.74, 6) is -0.157. The lowest BCUT2D eigenvalue weighted by Crippen LogP contribution is -1.97. The molecule has 4 nitrogen and oxygen atoms in total. The first-order valence-corrected chi connectivity index (χ1v) is 9.31. The van der Waals surface area contributed by atoms with E-state index in [1.807, 2.05) is 25.2 Å². The van der Waals surface area contributed by atoms with Crippen molar-refractivity contribution in [2.24, 2.45) is 5.73 Å². The normalized spacial score (nSPS) is 14.1. The van der Waals surface area contributed by atoms with Gasteiger partial charge in [-0.25, -0.2) is 0 Å². The molecular weight excluding hydrogens is 277 g/mol. The Morgan fingerprint density at radius 3 is 2.76 bits per heavy atom. The van der Waals surface area contributed by atoms with Crippen LogP contribution >= 0.6 is 29.4 Å². The highest BCUT2D eigenvalue weighted by molar-refractivity contribution is 8.78. The fourth-order valence-corrected chi connectivity index (χ4v) is 4.77. The third-order valence-electron chi connectivity index (χ3n) is 1.69. The molecule has 0 aliphatic heterocycles. The van der Waals surface area contributed by atoms with Crippen molar-refractivity contribution in [1.29, 1.82) is 0 Å². The molecule has 0 fully saturated rings. The summed E-state index contributed by atoms with van der Waals surface area (Å²) in [5, 5.41) is 9.13. The second kappa shape index (κ2) is 10.8. The minimum Gasteiger partial charge on any atom is -0.481 e.